The first-order chi connectivity index (χ1) is 14.5. The number of rotatable bonds is 6. The lowest BCUT2D eigenvalue weighted by Gasteiger charge is -2.28. The van der Waals surface area contributed by atoms with Crippen molar-refractivity contribution in [1.82, 2.24) is 4.90 Å². The lowest BCUT2D eigenvalue weighted by molar-refractivity contribution is -0.126. The minimum atomic E-state index is -0.0338. The number of nitrogens with zero attached hydrogens (tertiary/aromatic N) is 1. The van der Waals surface area contributed by atoms with E-state index in [4.69, 9.17) is 25.8 Å². The van der Waals surface area contributed by atoms with Crippen LogP contribution in [-0.4, -0.2) is 45.2 Å². The summed E-state index contributed by atoms with van der Waals surface area (Å²) in [5, 5.41) is 0.718. The van der Waals surface area contributed by atoms with Crippen molar-refractivity contribution in [2.45, 2.75) is 12.8 Å². The number of carbonyl (C=O) groups excluding carboxylic acids is 1. The third-order valence-corrected chi connectivity index (χ3v) is 5.35. The lowest BCUT2D eigenvalue weighted by atomic mass is 10.0. The Morgan fingerprint density at radius 3 is 2.40 bits per heavy atom. The zero-order valence-corrected chi connectivity index (χ0v) is 18.2. The van der Waals surface area contributed by atoms with Gasteiger partial charge in [-0.2, -0.15) is 0 Å². The van der Waals surface area contributed by atoms with Gasteiger partial charge in [-0.25, -0.2) is 0 Å². The maximum atomic E-state index is 12.8. The van der Waals surface area contributed by atoms with E-state index in [1.54, 1.807) is 33.5 Å². The monoisotopic (exact) mass is 427 g/mol. The number of likely N-dealkylation sites (tertiary alicyclic amines) is 1. The fourth-order valence-corrected chi connectivity index (χ4v) is 3.68. The number of methoxy groups -OCH3 is 3. The molecule has 0 aliphatic carbocycles. The Morgan fingerprint density at radius 2 is 1.77 bits per heavy atom. The highest BCUT2D eigenvalue weighted by atomic mass is 35.5. The first-order valence-corrected chi connectivity index (χ1v) is 10.1. The quantitative estimate of drug-likeness (QED) is 0.603. The fourth-order valence-electron chi connectivity index (χ4n) is 3.49. The number of carbonyl (C=O) groups is 1. The number of halogens is 1. The van der Waals surface area contributed by atoms with Crippen LogP contribution >= 0.6 is 11.6 Å². The molecule has 1 saturated heterocycles. The number of ether oxygens (including phenoxy) is 3. The minimum absolute atomic E-state index is 0.0338. The maximum Gasteiger partial charge on any atom is 0.246 e. The van der Waals surface area contributed by atoms with E-state index >= 15 is 0 Å². The van der Waals surface area contributed by atoms with E-state index in [-0.39, 0.29) is 5.91 Å². The summed E-state index contributed by atoms with van der Waals surface area (Å²) in [5.41, 5.74) is 2.97. The van der Waals surface area contributed by atoms with Crippen molar-refractivity contribution in [2.24, 2.45) is 0 Å². The molecule has 0 atom stereocenters. The largest absolute Gasteiger partial charge is 0.493 e. The summed E-state index contributed by atoms with van der Waals surface area (Å²) in [6, 6.07) is 11.4. The van der Waals surface area contributed by atoms with Crippen LogP contribution in [0.25, 0.3) is 12.2 Å². The van der Waals surface area contributed by atoms with Gasteiger partial charge in [0.1, 0.15) is 0 Å². The van der Waals surface area contributed by atoms with E-state index in [9.17, 15) is 4.79 Å². The van der Waals surface area contributed by atoms with E-state index < -0.39 is 0 Å². The molecule has 2 aromatic carbocycles. The second kappa shape index (κ2) is 10.2. The molecular formula is C24H26ClNO4. The van der Waals surface area contributed by atoms with Crippen molar-refractivity contribution in [3.05, 3.63) is 64.2 Å². The Kier molecular flexibility index (Phi) is 7.41. The number of hydrogen-bond donors (Lipinski definition) is 0. The van der Waals surface area contributed by atoms with Crippen LogP contribution in [0.2, 0.25) is 5.02 Å². The van der Waals surface area contributed by atoms with Gasteiger partial charge >= 0.3 is 0 Å². The van der Waals surface area contributed by atoms with Crippen LogP contribution in [0.3, 0.4) is 0 Å². The van der Waals surface area contributed by atoms with Crippen molar-refractivity contribution in [3.8, 4) is 17.2 Å². The molecule has 0 radical (unpaired) electrons. The Bertz CT molecular complexity index is 942. The van der Waals surface area contributed by atoms with Gasteiger partial charge in [-0.05, 0) is 48.2 Å². The zero-order chi connectivity index (χ0) is 21.5. The highest BCUT2D eigenvalue weighted by Gasteiger charge is 2.18. The first-order valence-electron chi connectivity index (χ1n) is 9.76. The van der Waals surface area contributed by atoms with Gasteiger partial charge in [0, 0.05) is 24.2 Å². The van der Waals surface area contributed by atoms with Crippen LogP contribution in [-0.2, 0) is 4.79 Å². The lowest BCUT2D eigenvalue weighted by Crippen LogP contribution is -2.35. The van der Waals surface area contributed by atoms with Crippen LogP contribution in [0.15, 0.2) is 48.0 Å². The molecular weight excluding hydrogens is 402 g/mol. The Balaban J connectivity index is 1.74. The van der Waals surface area contributed by atoms with Gasteiger partial charge in [0.05, 0.1) is 21.3 Å². The highest BCUT2D eigenvalue weighted by molar-refractivity contribution is 6.32. The first kappa shape index (κ1) is 21.8. The summed E-state index contributed by atoms with van der Waals surface area (Å²) in [7, 11) is 4.69. The third kappa shape index (κ3) is 5.16. The van der Waals surface area contributed by atoms with Crippen molar-refractivity contribution in [1.29, 1.82) is 0 Å². The van der Waals surface area contributed by atoms with E-state index in [0.29, 0.717) is 23.8 Å². The molecule has 1 aliphatic heterocycles. The van der Waals surface area contributed by atoms with Gasteiger partial charge in [-0.15, -0.1) is 0 Å². The predicted molar refractivity (Wildman–Crippen MR) is 120 cm³/mol. The molecule has 3 rings (SSSR count). The van der Waals surface area contributed by atoms with E-state index in [1.807, 2.05) is 41.3 Å². The maximum absolute atomic E-state index is 12.8. The molecule has 1 heterocycles. The van der Waals surface area contributed by atoms with Gasteiger partial charge in [-0.1, -0.05) is 41.4 Å². The summed E-state index contributed by atoms with van der Waals surface area (Å²) in [6.07, 6.45) is 7.33. The average Bonchev–Trinajstić information content (AvgIpc) is 2.78. The van der Waals surface area contributed by atoms with E-state index in [0.717, 1.165) is 35.5 Å². The average molecular weight is 428 g/mol. The number of piperidine rings is 1. The van der Waals surface area contributed by atoms with Crippen LogP contribution in [0.4, 0.5) is 0 Å². The standard InChI is InChI=1S/C24H26ClNO4/c1-28-21-14-17(15-22(29-2)24(21)30-3)10-11-23(27)26-12-6-7-18(16-26)13-19-8-4-5-9-20(19)25/h4-5,8-11,13-15H,6-7,12,16H2,1-3H3/b11-10+,18-13+. The molecule has 1 aliphatic rings. The summed E-state index contributed by atoms with van der Waals surface area (Å²) in [4.78, 5) is 14.6. The van der Waals surface area contributed by atoms with Gasteiger partial charge in [0.25, 0.3) is 0 Å². The Labute approximate surface area is 182 Å². The highest BCUT2D eigenvalue weighted by Crippen LogP contribution is 2.38. The molecule has 158 valence electrons. The molecule has 1 amide bonds. The molecule has 2 aromatic rings. The van der Waals surface area contributed by atoms with Gasteiger partial charge in [0.2, 0.25) is 11.7 Å². The predicted octanol–water partition coefficient (Wildman–Crippen LogP) is 5.09. The van der Waals surface area contributed by atoms with Crippen molar-refractivity contribution < 1.29 is 19.0 Å². The van der Waals surface area contributed by atoms with Crippen molar-refractivity contribution in [2.75, 3.05) is 34.4 Å². The molecule has 0 bridgehead atoms. The third-order valence-electron chi connectivity index (χ3n) is 5.00. The molecule has 6 heteroatoms. The molecule has 30 heavy (non-hydrogen) atoms. The van der Waals surface area contributed by atoms with E-state index in [1.165, 1.54) is 5.57 Å². The molecule has 5 nitrogen and oxygen atoms in total. The topological polar surface area (TPSA) is 48.0 Å². The summed E-state index contributed by atoms with van der Waals surface area (Å²) in [5.74, 6) is 1.58. The van der Waals surface area contributed by atoms with Crippen LogP contribution in [0.5, 0.6) is 17.2 Å². The molecule has 0 N–H and O–H groups in total. The second-order valence-electron chi connectivity index (χ2n) is 6.98. The molecule has 0 saturated carbocycles. The van der Waals surface area contributed by atoms with E-state index in [2.05, 4.69) is 6.08 Å². The van der Waals surface area contributed by atoms with Crippen LogP contribution in [0.1, 0.15) is 24.0 Å². The molecule has 0 spiro atoms. The second-order valence-corrected chi connectivity index (χ2v) is 7.39. The van der Waals surface area contributed by atoms with Crippen LogP contribution in [0, 0.1) is 0 Å². The van der Waals surface area contributed by atoms with Gasteiger partial charge < -0.3 is 19.1 Å². The van der Waals surface area contributed by atoms with Gasteiger partial charge in [0.15, 0.2) is 11.5 Å². The molecule has 0 unspecified atom stereocenters. The summed E-state index contributed by atoms with van der Waals surface area (Å²) >= 11 is 6.27. The number of amides is 1. The smallest absolute Gasteiger partial charge is 0.246 e. The SMILES string of the molecule is COc1cc(/C=C/C(=O)N2CCC/C(=C\c3ccccc3Cl)C2)cc(OC)c1OC. The van der Waals surface area contributed by atoms with Crippen molar-refractivity contribution >= 4 is 29.7 Å². The summed E-state index contributed by atoms with van der Waals surface area (Å²) in [6.45, 7) is 1.34. The number of benzene rings is 2. The van der Waals surface area contributed by atoms with Crippen molar-refractivity contribution in [3.63, 3.8) is 0 Å². The normalized spacial score (nSPS) is 15.5. The Morgan fingerprint density at radius 1 is 1.07 bits per heavy atom. The van der Waals surface area contributed by atoms with Gasteiger partial charge in [-0.3, -0.25) is 4.79 Å². The summed E-state index contributed by atoms with van der Waals surface area (Å²) < 4.78 is 16.1. The zero-order valence-electron chi connectivity index (χ0n) is 17.5. The Hall–Kier alpha value is -2.92. The fraction of sp³-hybridized carbons (Fsp3) is 0.292. The molecule has 0 aromatic heterocycles. The molecule has 1 fully saturated rings. The number of hydrogen-bond acceptors (Lipinski definition) is 4. The minimum Gasteiger partial charge on any atom is -0.493 e. The van der Waals surface area contributed by atoms with Crippen LogP contribution < -0.4 is 14.2 Å².